The summed E-state index contributed by atoms with van der Waals surface area (Å²) in [5.74, 6) is 0.879. The second kappa shape index (κ2) is 6.24. The summed E-state index contributed by atoms with van der Waals surface area (Å²) in [5, 5.41) is 0. The van der Waals surface area contributed by atoms with Gasteiger partial charge in [0.1, 0.15) is 11.4 Å². The number of rotatable bonds is 4. The van der Waals surface area contributed by atoms with Crippen LogP contribution in [0.2, 0.25) is 13.1 Å². The van der Waals surface area contributed by atoms with Crippen LogP contribution in [0.1, 0.15) is 11.3 Å². The number of aryl methyl sites for hydroxylation is 1. The Morgan fingerprint density at radius 1 is 1.26 bits per heavy atom. The Kier molecular flexibility index (Phi) is 4.41. The van der Waals surface area contributed by atoms with Crippen molar-refractivity contribution in [1.29, 1.82) is 0 Å². The van der Waals surface area contributed by atoms with Gasteiger partial charge >= 0.3 is 0 Å². The van der Waals surface area contributed by atoms with E-state index in [9.17, 15) is 0 Å². The Hall–Kier alpha value is -2.01. The molecule has 0 aliphatic carbocycles. The smallest absolute Gasteiger partial charge is 0.229 e. The third-order valence-corrected chi connectivity index (χ3v) is 3.17. The Morgan fingerprint density at radius 3 is 2.79 bits per heavy atom. The molecule has 2 aromatic rings. The average Bonchev–Trinajstić information content (AvgIpc) is 2.40. The molecule has 4 nitrogen and oxygen atoms in total. The molecule has 1 aromatic heterocycles. The van der Waals surface area contributed by atoms with Gasteiger partial charge in [0.05, 0.1) is 18.1 Å². The Balaban J connectivity index is 2.29. The molecule has 0 saturated carbocycles. The lowest BCUT2D eigenvalue weighted by molar-refractivity contribution is 0.577. The van der Waals surface area contributed by atoms with Gasteiger partial charge in [0.15, 0.2) is 0 Å². The molecule has 0 atom stereocenters. The minimum absolute atomic E-state index is 0.733. The van der Waals surface area contributed by atoms with Crippen molar-refractivity contribution >= 4 is 20.9 Å². The molecule has 0 unspecified atom stereocenters. The first-order chi connectivity index (χ1) is 9.16. The first-order valence-corrected chi connectivity index (χ1v) is 9.01. The molecule has 1 aromatic carbocycles. The molecule has 0 aliphatic rings. The summed E-state index contributed by atoms with van der Waals surface area (Å²) < 4.78 is 5.95. The van der Waals surface area contributed by atoms with E-state index in [0.717, 1.165) is 22.7 Å². The predicted octanol–water partition coefficient (Wildman–Crippen LogP) is 2.90. The van der Waals surface area contributed by atoms with E-state index in [-0.39, 0.29) is 0 Å². The monoisotopic (exact) mass is 271 g/mol. The highest BCUT2D eigenvalue weighted by Gasteiger charge is 2.08. The minimum atomic E-state index is -1.15. The molecule has 0 saturated heterocycles. The number of aromatic nitrogens is 2. The van der Waals surface area contributed by atoms with Crippen LogP contribution in [0, 0.1) is 6.92 Å². The second-order valence-electron chi connectivity index (χ2n) is 4.48. The topological polar surface area (TPSA) is 47.4 Å². The molecule has 0 fully saturated rings. The lowest BCUT2D eigenvalue weighted by Crippen LogP contribution is -2.12. The SMILES string of the molecule is Cc1cccc(N=Cc2cnccn2)c1O[SiH](C)C. The van der Waals surface area contributed by atoms with Crippen molar-refractivity contribution in [2.45, 2.75) is 20.0 Å². The Labute approximate surface area is 114 Å². The summed E-state index contributed by atoms with van der Waals surface area (Å²) in [6.45, 7) is 6.32. The molecular formula is C14H17N3OSi. The van der Waals surface area contributed by atoms with Crippen molar-refractivity contribution in [2.24, 2.45) is 4.99 Å². The normalized spacial score (nSPS) is 11.2. The minimum Gasteiger partial charge on any atom is -0.545 e. The van der Waals surface area contributed by atoms with Gasteiger partial charge in [0.2, 0.25) is 9.04 Å². The Morgan fingerprint density at radius 2 is 2.11 bits per heavy atom. The van der Waals surface area contributed by atoms with Crippen LogP contribution in [-0.4, -0.2) is 25.2 Å². The van der Waals surface area contributed by atoms with E-state index in [1.165, 1.54) is 0 Å². The predicted molar refractivity (Wildman–Crippen MR) is 80.0 cm³/mol. The number of aliphatic imine (C=N–C) groups is 1. The molecule has 0 N–H and O–H groups in total. The Bertz CT molecular complexity index is 570. The molecule has 0 radical (unpaired) electrons. The number of para-hydroxylation sites is 1. The fourth-order valence-corrected chi connectivity index (χ4v) is 2.42. The molecule has 0 spiro atoms. The van der Waals surface area contributed by atoms with Crippen molar-refractivity contribution in [1.82, 2.24) is 9.97 Å². The van der Waals surface area contributed by atoms with E-state index in [0.29, 0.717) is 0 Å². The van der Waals surface area contributed by atoms with Crippen molar-refractivity contribution in [2.75, 3.05) is 0 Å². The zero-order chi connectivity index (χ0) is 13.7. The maximum atomic E-state index is 5.95. The van der Waals surface area contributed by atoms with Gasteiger partial charge in [-0.15, -0.1) is 0 Å². The molecule has 0 amide bonds. The van der Waals surface area contributed by atoms with Gasteiger partial charge in [-0.3, -0.25) is 15.0 Å². The summed E-state index contributed by atoms with van der Waals surface area (Å²) in [4.78, 5) is 12.6. The molecular weight excluding hydrogens is 254 g/mol. The van der Waals surface area contributed by atoms with Crippen LogP contribution in [0.25, 0.3) is 0 Å². The first-order valence-electron chi connectivity index (χ1n) is 6.23. The number of benzene rings is 1. The summed E-state index contributed by atoms with van der Waals surface area (Å²) in [5.41, 5.74) is 2.68. The quantitative estimate of drug-likeness (QED) is 0.634. The zero-order valence-corrected chi connectivity index (χ0v) is 12.5. The molecule has 2 rings (SSSR count). The maximum Gasteiger partial charge on any atom is 0.229 e. The third kappa shape index (κ3) is 3.72. The van der Waals surface area contributed by atoms with Gasteiger partial charge in [-0.25, -0.2) is 0 Å². The number of hydrogen-bond acceptors (Lipinski definition) is 4. The van der Waals surface area contributed by atoms with Crippen LogP contribution in [0.5, 0.6) is 5.75 Å². The van der Waals surface area contributed by atoms with E-state index in [1.54, 1.807) is 24.8 Å². The number of hydrogen-bond donors (Lipinski definition) is 0. The summed E-state index contributed by atoms with van der Waals surface area (Å²) in [7, 11) is -1.15. The van der Waals surface area contributed by atoms with Crippen molar-refractivity contribution in [3.63, 3.8) is 0 Å². The van der Waals surface area contributed by atoms with E-state index in [1.807, 2.05) is 25.1 Å². The van der Waals surface area contributed by atoms with Gasteiger partial charge in [-0.05, 0) is 31.6 Å². The van der Waals surface area contributed by atoms with Crippen LogP contribution < -0.4 is 4.43 Å². The van der Waals surface area contributed by atoms with Gasteiger partial charge < -0.3 is 4.43 Å². The fourth-order valence-electron chi connectivity index (χ4n) is 1.64. The summed E-state index contributed by atoms with van der Waals surface area (Å²) in [6.07, 6.45) is 6.67. The molecule has 0 bridgehead atoms. The summed E-state index contributed by atoms with van der Waals surface area (Å²) >= 11 is 0. The van der Waals surface area contributed by atoms with E-state index >= 15 is 0 Å². The lowest BCUT2D eigenvalue weighted by Gasteiger charge is -2.14. The van der Waals surface area contributed by atoms with Crippen LogP contribution in [0.3, 0.4) is 0 Å². The molecule has 5 heteroatoms. The van der Waals surface area contributed by atoms with E-state index in [4.69, 9.17) is 4.43 Å². The van der Waals surface area contributed by atoms with E-state index < -0.39 is 9.04 Å². The average molecular weight is 271 g/mol. The zero-order valence-electron chi connectivity index (χ0n) is 11.4. The van der Waals surface area contributed by atoms with Gasteiger partial charge in [0.25, 0.3) is 0 Å². The highest BCUT2D eigenvalue weighted by atomic mass is 28.3. The van der Waals surface area contributed by atoms with Crippen molar-refractivity contribution < 1.29 is 4.43 Å². The van der Waals surface area contributed by atoms with Crippen LogP contribution >= 0.6 is 0 Å². The molecule has 0 aliphatic heterocycles. The largest absolute Gasteiger partial charge is 0.545 e. The lowest BCUT2D eigenvalue weighted by atomic mass is 10.2. The van der Waals surface area contributed by atoms with Gasteiger partial charge in [-0.1, -0.05) is 12.1 Å². The molecule has 1 heterocycles. The van der Waals surface area contributed by atoms with Gasteiger partial charge in [0, 0.05) is 12.4 Å². The molecule has 98 valence electrons. The fraction of sp³-hybridized carbons (Fsp3) is 0.214. The van der Waals surface area contributed by atoms with Crippen LogP contribution in [0.15, 0.2) is 41.8 Å². The third-order valence-electron chi connectivity index (χ3n) is 2.46. The molecule has 19 heavy (non-hydrogen) atoms. The van der Waals surface area contributed by atoms with Gasteiger partial charge in [-0.2, -0.15) is 0 Å². The van der Waals surface area contributed by atoms with Crippen molar-refractivity contribution in [3.05, 3.63) is 48.0 Å². The van der Waals surface area contributed by atoms with Crippen LogP contribution in [-0.2, 0) is 0 Å². The number of nitrogens with zero attached hydrogens (tertiary/aromatic N) is 3. The highest BCUT2D eigenvalue weighted by Crippen LogP contribution is 2.31. The second-order valence-corrected chi connectivity index (χ2v) is 6.81. The highest BCUT2D eigenvalue weighted by molar-refractivity contribution is 6.49. The summed E-state index contributed by atoms with van der Waals surface area (Å²) in [6, 6.07) is 5.97. The van der Waals surface area contributed by atoms with Crippen LogP contribution in [0.4, 0.5) is 5.69 Å². The standard InChI is InChI=1S/C14H17N3OSi/c1-11-5-4-6-13(14(11)18-19(2)3)17-10-12-9-15-7-8-16-12/h4-10,19H,1-3H3. The van der Waals surface area contributed by atoms with E-state index in [2.05, 4.69) is 28.1 Å². The first kappa shape index (κ1) is 13.4. The van der Waals surface area contributed by atoms with Crippen molar-refractivity contribution in [3.8, 4) is 5.75 Å². The maximum absolute atomic E-state index is 5.95.